The molecule has 0 aliphatic carbocycles. The standard InChI is InChI=1S/C23H18N2O/c1-26-19-13-11-18(12-14-19)21-16-15-20(17-7-3-2-4-8-17)24-22-9-5-6-10-23(22)25-21/h2-16H,1H3/b16-15-,20-15?,21-16?,24-20?,24-22?,25-21?,25-23?. The Hall–Kier alpha value is -3.46. The largest absolute Gasteiger partial charge is 0.497 e. The van der Waals surface area contributed by atoms with Crippen LogP contribution >= 0.6 is 0 Å². The topological polar surface area (TPSA) is 34.0 Å². The second-order valence-electron chi connectivity index (χ2n) is 5.91. The van der Waals surface area contributed by atoms with Crippen molar-refractivity contribution in [3.63, 3.8) is 0 Å². The summed E-state index contributed by atoms with van der Waals surface area (Å²) in [7, 11) is 1.67. The molecule has 0 bridgehead atoms. The minimum Gasteiger partial charge on any atom is -0.497 e. The molecule has 0 N–H and O–H groups in total. The van der Waals surface area contributed by atoms with Crippen LogP contribution < -0.4 is 4.74 Å². The van der Waals surface area contributed by atoms with Crippen molar-refractivity contribution in [1.29, 1.82) is 0 Å². The van der Waals surface area contributed by atoms with Crippen LogP contribution in [-0.4, -0.2) is 18.5 Å². The van der Waals surface area contributed by atoms with Gasteiger partial charge < -0.3 is 4.74 Å². The van der Waals surface area contributed by atoms with Crippen LogP contribution in [0.15, 0.2) is 101 Å². The number of rotatable bonds is 3. The van der Waals surface area contributed by atoms with Crippen molar-refractivity contribution in [3.8, 4) is 5.75 Å². The number of ether oxygens (including phenoxy) is 1. The second-order valence-corrected chi connectivity index (χ2v) is 5.91. The number of aliphatic imine (C=N–C) groups is 2. The summed E-state index contributed by atoms with van der Waals surface area (Å²) in [6.07, 6.45) is 4.04. The highest BCUT2D eigenvalue weighted by Crippen LogP contribution is 2.30. The summed E-state index contributed by atoms with van der Waals surface area (Å²) in [5.41, 5.74) is 5.64. The fourth-order valence-corrected chi connectivity index (χ4v) is 2.84. The van der Waals surface area contributed by atoms with Crippen LogP contribution in [0.2, 0.25) is 0 Å². The van der Waals surface area contributed by atoms with Crippen molar-refractivity contribution >= 4 is 22.8 Å². The van der Waals surface area contributed by atoms with Gasteiger partial charge in [0.05, 0.1) is 29.9 Å². The van der Waals surface area contributed by atoms with Gasteiger partial charge in [-0.3, -0.25) is 0 Å². The van der Waals surface area contributed by atoms with E-state index >= 15 is 0 Å². The van der Waals surface area contributed by atoms with Crippen LogP contribution in [-0.2, 0) is 0 Å². The molecule has 0 aromatic heterocycles. The first-order valence-corrected chi connectivity index (χ1v) is 8.48. The number of fused-ring (bicyclic) bond motifs is 1. The number of para-hydroxylation sites is 2. The summed E-state index contributed by atoms with van der Waals surface area (Å²) in [6.45, 7) is 0. The van der Waals surface area contributed by atoms with Crippen molar-refractivity contribution in [3.05, 3.63) is 102 Å². The first-order chi connectivity index (χ1) is 12.8. The zero-order valence-electron chi connectivity index (χ0n) is 14.5. The molecule has 1 aliphatic heterocycles. The second kappa shape index (κ2) is 7.19. The molecule has 0 atom stereocenters. The molecular weight excluding hydrogens is 320 g/mol. The van der Waals surface area contributed by atoms with Gasteiger partial charge in [0.1, 0.15) is 5.75 Å². The predicted octanol–water partition coefficient (Wildman–Crippen LogP) is 5.51. The fraction of sp³-hybridized carbons (Fsp3) is 0.0435. The molecule has 26 heavy (non-hydrogen) atoms. The molecule has 3 heteroatoms. The molecule has 0 spiro atoms. The minimum atomic E-state index is 0.830. The summed E-state index contributed by atoms with van der Waals surface area (Å²) >= 11 is 0. The zero-order valence-corrected chi connectivity index (χ0v) is 14.5. The van der Waals surface area contributed by atoms with Gasteiger partial charge in [-0.2, -0.15) is 0 Å². The average molecular weight is 338 g/mol. The molecule has 0 saturated carbocycles. The molecule has 1 aliphatic rings. The molecule has 3 nitrogen and oxygen atoms in total. The van der Waals surface area contributed by atoms with E-state index in [1.54, 1.807) is 7.11 Å². The Kier molecular flexibility index (Phi) is 4.44. The lowest BCUT2D eigenvalue weighted by Gasteiger charge is -2.10. The Morgan fingerprint density at radius 2 is 1.08 bits per heavy atom. The van der Waals surface area contributed by atoms with Gasteiger partial charge in [-0.25, -0.2) is 9.98 Å². The Morgan fingerprint density at radius 1 is 0.577 bits per heavy atom. The third-order valence-electron chi connectivity index (χ3n) is 4.22. The fourth-order valence-electron chi connectivity index (χ4n) is 2.84. The van der Waals surface area contributed by atoms with Crippen molar-refractivity contribution in [1.82, 2.24) is 0 Å². The number of methoxy groups -OCH3 is 1. The number of hydrogen-bond acceptors (Lipinski definition) is 3. The zero-order chi connectivity index (χ0) is 17.8. The molecular formula is C23H18N2O. The average Bonchev–Trinajstić information content (AvgIpc) is 2.69. The van der Waals surface area contributed by atoms with Gasteiger partial charge in [0.25, 0.3) is 0 Å². The van der Waals surface area contributed by atoms with Gasteiger partial charge in [-0.1, -0.05) is 42.5 Å². The van der Waals surface area contributed by atoms with Gasteiger partial charge >= 0.3 is 0 Å². The van der Waals surface area contributed by atoms with E-state index in [1.807, 2.05) is 78.9 Å². The molecule has 0 radical (unpaired) electrons. The van der Waals surface area contributed by atoms with Crippen LogP contribution in [0.4, 0.5) is 11.4 Å². The van der Waals surface area contributed by atoms with E-state index in [1.165, 1.54) is 0 Å². The quantitative estimate of drug-likeness (QED) is 0.620. The summed E-state index contributed by atoms with van der Waals surface area (Å²) in [4.78, 5) is 9.66. The lowest BCUT2D eigenvalue weighted by Crippen LogP contribution is -2.02. The smallest absolute Gasteiger partial charge is 0.118 e. The van der Waals surface area contributed by atoms with Crippen molar-refractivity contribution in [2.24, 2.45) is 9.98 Å². The van der Waals surface area contributed by atoms with Gasteiger partial charge in [0.15, 0.2) is 0 Å². The maximum absolute atomic E-state index is 5.26. The first kappa shape index (κ1) is 16.0. The lowest BCUT2D eigenvalue weighted by atomic mass is 10.0. The normalized spacial score (nSPS) is 14.3. The molecule has 0 saturated heterocycles. The highest BCUT2D eigenvalue weighted by Gasteiger charge is 2.09. The Morgan fingerprint density at radius 3 is 1.62 bits per heavy atom. The first-order valence-electron chi connectivity index (χ1n) is 8.48. The molecule has 1 heterocycles. The van der Waals surface area contributed by atoms with E-state index in [2.05, 4.69) is 12.1 Å². The van der Waals surface area contributed by atoms with E-state index in [9.17, 15) is 0 Å². The number of hydrogen-bond donors (Lipinski definition) is 0. The van der Waals surface area contributed by atoms with Crippen molar-refractivity contribution < 1.29 is 4.74 Å². The van der Waals surface area contributed by atoms with Gasteiger partial charge in [-0.05, 0) is 48.6 Å². The molecule has 0 amide bonds. The van der Waals surface area contributed by atoms with Crippen molar-refractivity contribution in [2.45, 2.75) is 0 Å². The third kappa shape index (κ3) is 3.33. The lowest BCUT2D eigenvalue weighted by molar-refractivity contribution is 0.415. The number of nitrogens with zero attached hydrogens (tertiary/aromatic N) is 2. The van der Waals surface area contributed by atoms with Crippen LogP contribution in [0, 0.1) is 0 Å². The molecule has 0 fully saturated rings. The summed E-state index contributed by atoms with van der Waals surface area (Å²) in [5, 5.41) is 0. The van der Waals surface area contributed by atoms with Crippen LogP contribution in [0.3, 0.4) is 0 Å². The van der Waals surface area contributed by atoms with E-state index in [0.29, 0.717) is 0 Å². The number of benzene rings is 3. The van der Waals surface area contributed by atoms with Gasteiger partial charge in [0.2, 0.25) is 0 Å². The Balaban J connectivity index is 1.83. The highest BCUT2D eigenvalue weighted by molar-refractivity contribution is 6.18. The molecule has 4 rings (SSSR count). The maximum Gasteiger partial charge on any atom is 0.118 e. The summed E-state index contributed by atoms with van der Waals surface area (Å²) in [5.74, 6) is 0.830. The number of allylic oxidation sites excluding steroid dienone is 2. The van der Waals surface area contributed by atoms with E-state index in [-0.39, 0.29) is 0 Å². The highest BCUT2D eigenvalue weighted by atomic mass is 16.5. The Bertz CT molecular complexity index is 1000. The Labute approximate surface area is 153 Å². The van der Waals surface area contributed by atoms with Crippen LogP contribution in [0.1, 0.15) is 11.1 Å². The minimum absolute atomic E-state index is 0.830. The third-order valence-corrected chi connectivity index (χ3v) is 4.22. The van der Waals surface area contributed by atoms with Gasteiger partial charge in [-0.15, -0.1) is 0 Å². The summed E-state index contributed by atoms with van der Waals surface area (Å²) in [6, 6.07) is 26.1. The van der Waals surface area contributed by atoms with E-state index < -0.39 is 0 Å². The molecule has 3 aromatic carbocycles. The molecule has 0 unspecified atom stereocenters. The van der Waals surface area contributed by atoms with Crippen molar-refractivity contribution in [2.75, 3.05) is 7.11 Å². The van der Waals surface area contributed by atoms with E-state index in [0.717, 1.165) is 39.7 Å². The van der Waals surface area contributed by atoms with Crippen LogP contribution in [0.5, 0.6) is 5.75 Å². The summed E-state index contributed by atoms with van der Waals surface area (Å²) < 4.78 is 5.26. The molecule has 3 aromatic rings. The maximum atomic E-state index is 5.26. The van der Waals surface area contributed by atoms with Gasteiger partial charge in [0, 0.05) is 11.1 Å². The monoisotopic (exact) mass is 338 g/mol. The van der Waals surface area contributed by atoms with Crippen LogP contribution in [0.25, 0.3) is 0 Å². The van der Waals surface area contributed by atoms with E-state index in [4.69, 9.17) is 14.7 Å². The predicted molar refractivity (Wildman–Crippen MR) is 107 cm³/mol. The SMILES string of the molecule is COc1ccc(C2=Nc3ccccc3N=C(c3ccccc3)/C=C\2)cc1. The molecule has 126 valence electrons.